The van der Waals surface area contributed by atoms with Crippen LogP contribution in [0.5, 0.6) is 0 Å². The summed E-state index contributed by atoms with van der Waals surface area (Å²) >= 11 is 1.50. The van der Waals surface area contributed by atoms with E-state index < -0.39 is 17.9 Å². The van der Waals surface area contributed by atoms with Crippen LogP contribution in [0, 0.1) is 12.8 Å². The van der Waals surface area contributed by atoms with Crippen molar-refractivity contribution in [2.24, 2.45) is 5.92 Å². The van der Waals surface area contributed by atoms with E-state index in [4.69, 9.17) is 4.74 Å². The van der Waals surface area contributed by atoms with Crippen LogP contribution in [-0.4, -0.2) is 35.7 Å². The van der Waals surface area contributed by atoms with Gasteiger partial charge in [-0.2, -0.15) is 0 Å². The number of hydrogen-bond acceptors (Lipinski definition) is 4. The Morgan fingerprint density at radius 2 is 2.37 bits per heavy atom. The number of carbonyl (C=O) groups excluding carboxylic acids is 1. The van der Waals surface area contributed by atoms with Gasteiger partial charge in [0.2, 0.25) is 5.91 Å². The summed E-state index contributed by atoms with van der Waals surface area (Å²) < 4.78 is 5.06. The largest absolute Gasteiger partial charge is 0.481 e. The van der Waals surface area contributed by atoms with Gasteiger partial charge in [0.25, 0.3) is 0 Å². The molecule has 0 saturated carbocycles. The van der Waals surface area contributed by atoms with Gasteiger partial charge < -0.3 is 14.7 Å². The molecule has 1 N–H and O–H groups in total. The Morgan fingerprint density at radius 3 is 2.89 bits per heavy atom. The van der Waals surface area contributed by atoms with Gasteiger partial charge >= 0.3 is 5.97 Å². The Labute approximate surface area is 115 Å². The van der Waals surface area contributed by atoms with Crippen molar-refractivity contribution in [3.05, 3.63) is 21.9 Å². The molecule has 19 heavy (non-hydrogen) atoms. The molecule has 2 rings (SSSR count). The van der Waals surface area contributed by atoms with Crippen molar-refractivity contribution in [3.8, 4) is 0 Å². The van der Waals surface area contributed by atoms with Crippen LogP contribution in [0.25, 0.3) is 0 Å². The summed E-state index contributed by atoms with van der Waals surface area (Å²) in [6, 6.07) is 1.53. The molecular formula is C13H17NO4S. The highest BCUT2D eigenvalue weighted by atomic mass is 32.1. The number of aliphatic carboxylic acids is 1. The highest BCUT2D eigenvalue weighted by molar-refractivity contribution is 7.10. The van der Waals surface area contributed by atoms with E-state index >= 15 is 0 Å². The maximum Gasteiger partial charge on any atom is 0.308 e. The van der Waals surface area contributed by atoms with Gasteiger partial charge in [0.1, 0.15) is 6.73 Å². The van der Waals surface area contributed by atoms with Gasteiger partial charge in [-0.3, -0.25) is 9.59 Å². The number of thiophene rings is 1. The third-order valence-electron chi connectivity index (χ3n) is 3.46. The Balaban J connectivity index is 2.41. The number of carbonyl (C=O) groups is 2. The first-order valence-electron chi connectivity index (χ1n) is 6.11. The SMILES string of the molecule is COCN1C(=O)CCC(C(=O)O)C1c1sccc1C. The highest BCUT2D eigenvalue weighted by Gasteiger charge is 2.41. The molecule has 5 nitrogen and oxygen atoms in total. The third kappa shape index (κ3) is 2.64. The molecule has 0 bridgehead atoms. The van der Waals surface area contributed by atoms with Crippen LogP contribution in [0.4, 0.5) is 0 Å². The Hall–Kier alpha value is -1.40. The molecule has 1 aliphatic rings. The minimum Gasteiger partial charge on any atom is -0.481 e. The minimum atomic E-state index is -0.855. The first kappa shape index (κ1) is 14.0. The van der Waals surface area contributed by atoms with Crippen molar-refractivity contribution in [2.45, 2.75) is 25.8 Å². The molecule has 0 radical (unpaired) electrons. The maximum atomic E-state index is 12.0. The van der Waals surface area contributed by atoms with E-state index in [1.165, 1.54) is 18.4 Å². The molecule has 1 saturated heterocycles. The number of carboxylic acid groups (broad SMARTS) is 1. The summed E-state index contributed by atoms with van der Waals surface area (Å²) in [5, 5.41) is 11.3. The normalized spacial score (nSPS) is 23.7. The summed E-state index contributed by atoms with van der Waals surface area (Å²) in [5.41, 5.74) is 1.03. The summed E-state index contributed by atoms with van der Waals surface area (Å²) in [6.45, 7) is 2.07. The topological polar surface area (TPSA) is 66.8 Å². The summed E-state index contributed by atoms with van der Waals surface area (Å²) in [4.78, 5) is 26.0. The molecule has 1 aromatic heterocycles. The number of aryl methyl sites for hydroxylation is 1. The van der Waals surface area contributed by atoms with Crippen LogP contribution in [-0.2, 0) is 14.3 Å². The molecule has 1 aromatic rings. The number of nitrogens with zero attached hydrogens (tertiary/aromatic N) is 1. The first-order valence-corrected chi connectivity index (χ1v) is 6.99. The lowest BCUT2D eigenvalue weighted by Gasteiger charge is -2.38. The number of carboxylic acids is 1. The van der Waals surface area contributed by atoms with E-state index in [0.717, 1.165) is 10.4 Å². The molecule has 2 heterocycles. The van der Waals surface area contributed by atoms with Crippen molar-refractivity contribution >= 4 is 23.2 Å². The zero-order chi connectivity index (χ0) is 14.0. The third-order valence-corrected chi connectivity index (χ3v) is 4.55. The monoisotopic (exact) mass is 283 g/mol. The molecule has 0 aliphatic carbocycles. The molecule has 1 fully saturated rings. The van der Waals surface area contributed by atoms with E-state index in [-0.39, 0.29) is 19.1 Å². The van der Waals surface area contributed by atoms with Crippen LogP contribution in [0.3, 0.4) is 0 Å². The molecule has 1 amide bonds. The molecule has 2 unspecified atom stereocenters. The Bertz CT molecular complexity index is 485. The van der Waals surface area contributed by atoms with Gasteiger partial charge in [0.05, 0.1) is 12.0 Å². The summed E-state index contributed by atoms with van der Waals surface area (Å²) in [6.07, 6.45) is 0.650. The Morgan fingerprint density at radius 1 is 1.63 bits per heavy atom. The maximum absolute atomic E-state index is 12.0. The van der Waals surface area contributed by atoms with Crippen molar-refractivity contribution in [1.29, 1.82) is 0 Å². The van der Waals surface area contributed by atoms with Gasteiger partial charge in [-0.25, -0.2) is 0 Å². The number of methoxy groups -OCH3 is 1. The number of piperidine rings is 1. The summed E-state index contributed by atoms with van der Waals surface area (Å²) in [5.74, 6) is -1.46. The average molecular weight is 283 g/mol. The number of hydrogen-bond donors (Lipinski definition) is 1. The van der Waals surface area contributed by atoms with Crippen molar-refractivity contribution < 1.29 is 19.4 Å². The van der Waals surface area contributed by atoms with E-state index in [9.17, 15) is 14.7 Å². The van der Waals surface area contributed by atoms with Gasteiger partial charge in [0, 0.05) is 18.4 Å². The molecular weight excluding hydrogens is 266 g/mol. The van der Waals surface area contributed by atoms with Crippen molar-refractivity contribution in [1.82, 2.24) is 4.90 Å². The fourth-order valence-corrected chi connectivity index (χ4v) is 3.62. The van der Waals surface area contributed by atoms with Crippen LogP contribution in [0.15, 0.2) is 11.4 Å². The fourth-order valence-electron chi connectivity index (χ4n) is 2.51. The smallest absolute Gasteiger partial charge is 0.308 e. The van der Waals surface area contributed by atoms with Crippen molar-refractivity contribution in [2.75, 3.05) is 13.8 Å². The Kier molecular flexibility index (Phi) is 4.21. The molecule has 104 valence electrons. The predicted octanol–water partition coefficient (Wildman–Crippen LogP) is 2.02. The highest BCUT2D eigenvalue weighted by Crippen LogP contribution is 2.40. The fraction of sp³-hybridized carbons (Fsp3) is 0.538. The number of rotatable bonds is 4. The lowest BCUT2D eigenvalue weighted by molar-refractivity contribution is -0.156. The van der Waals surface area contributed by atoms with Gasteiger partial charge in [-0.05, 0) is 30.4 Å². The molecule has 6 heteroatoms. The zero-order valence-electron chi connectivity index (χ0n) is 11.0. The van der Waals surface area contributed by atoms with Gasteiger partial charge in [-0.15, -0.1) is 11.3 Å². The molecule has 0 aromatic carbocycles. The van der Waals surface area contributed by atoms with E-state index in [2.05, 4.69) is 0 Å². The second-order valence-electron chi connectivity index (χ2n) is 4.68. The molecule has 1 aliphatic heterocycles. The molecule has 0 spiro atoms. The zero-order valence-corrected chi connectivity index (χ0v) is 11.8. The van der Waals surface area contributed by atoms with Crippen LogP contribution in [0.1, 0.15) is 29.3 Å². The lowest BCUT2D eigenvalue weighted by atomic mass is 9.87. The van der Waals surface area contributed by atoms with Crippen molar-refractivity contribution in [3.63, 3.8) is 0 Å². The number of likely N-dealkylation sites (tertiary alicyclic amines) is 1. The minimum absolute atomic E-state index is 0.0443. The average Bonchev–Trinajstić information content (AvgIpc) is 2.77. The van der Waals surface area contributed by atoms with Gasteiger partial charge in [0.15, 0.2) is 0 Å². The van der Waals surface area contributed by atoms with E-state index in [1.807, 2.05) is 18.4 Å². The standard InChI is InChI=1S/C13H17NO4S/c1-8-5-6-19-12(8)11-9(13(16)17)3-4-10(15)14(11)7-18-2/h5-6,9,11H,3-4,7H2,1-2H3,(H,16,17). The quantitative estimate of drug-likeness (QED) is 0.918. The van der Waals surface area contributed by atoms with E-state index in [1.54, 1.807) is 4.90 Å². The predicted molar refractivity (Wildman–Crippen MR) is 70.9 cm³/mol. The van der Waals surface area contributed by atoms with Gasteiger partial charge in [-0.1, -0.05) is 0 Å². The van der Waals surface area contributed by atoms with Crippen LogP contribution < -0.4 is 0 Å². The van der Waals surface area contributed by atoms with E-state index in [0.29, 0.717) is 6.42 Å². The molecule has 2 atom stereocenters. The van der Waals surface area contributed by atoms with Crippen LogP contribution in [0.2, 0.25) is 0 Å². The first-order chi connectivity index (χ1) is 9.06. The number of ether oxygens (including phenoxy) is 1. The second-order valence-corrected chi connectivity index (χ2v) is 5.63. The number of amides is 1. The second kappa shape index (κ2) is 5.71. The summed E-state index contributed by atoms with van der Waals surface area (Å²) in [7, 11) is 1.51. The lowest BCUT2D eigenvalue weighted by Crippen LogP contribution is -2.46. The van der Waals surface area contributed by atoms with Crippen LogP contribution >= 0.6 is 11.3 Å².